The van der Waals surface area contributed by atoms with E-state index in [2.05, 4.69) is 16.0 Å². The topological polar surface area (TPSA) is 120 Å². The Kier molecular flexibility index (Phi) is 8.25. The third-order valence-corrected chi connectivity index (χ3v) is 6.23. The molecule has 34 heavy (non-hydrogen) atoms. The Bertz CT molecular complexity index is 774. The molecule has 0 unspecified atom stereocenters. The average molecular weight is 484 g/mol. The predicted molar refractivity (Wildman–Crippen MR) is 131 cm³/mol. The van der Waals surface area contributed by atoms with Gasteiger partial charge in [-0.15, -0.1) is 10.3 Å². The van der Waals surface area contributed by atoms with Gasteiger partial charge < -0.3 is 20.7 Å². The highest BCUT2D eigenvalue weighted by molar-refractivity contribution is 5.96. The number of carbonyl (C=O) groups is 3. The molecule has 0 saturated carbocycles. The van der Waals surface area contributed by atoms with E-state index in [1.165, 1.54) is 0 Å². The van der Waals surface area contributed by atoms with Crippen LogP contribution in [-0.4, -0.2) is 56.3 Å². The van der Waals surface area contributed by atoms with Crippen LogP contribution < -0.4 is 16.0 Å². The Morgan fingerprint density at radius 3 is 1.65 bits per heavy atom. The number of rotatable bonds is 5. The van der Waals surface area contributed by atoms with Gasteiger partial charge in [-0.2, -0.15) is 0 Å². The van der Waals surface area contributed by atoms with Crippen LogP contribution >= 0.6 is 0 Å². The molecule has 197 valence electrons. The van der Waals surface area contributed by atoms with Crippen LogP contribution in [0.1, 0.15) is 103 Å². The highest BCUT2D eigenvalue weighted by atomic mass is 16.6. The Hall–Kier alpha value is -1.87. The first-order valence-corrected chi connectivity index (χ1v) is 12.0. The van der Waals surface area contributed by atoms with Crippen molar-refractivity contribution in [3.8, 4) is 0 Å². The van der Waals surface area contributed by atoms with Gasteiger partial charge in [0.2, 0.25) is 11.8 Å². The number of piperidine rings is 1. The fourth-order valence-corrected chi connectivity index (χ4v) is 4.60. The second kappa shape index (κ2) is 9.30. The van der Waals surface area contributed by atoms with Crippen LogP contribution in [0.25, 0.3) is 0 Å². The molecule has 3 amide bonds. The lowest BCUT2D eigenvalue weighted by molar-refractivity contribution is -0.295. The van der Waals surface area contributed by atoms with Gasteiger partial charge in [-0.25, -0.2) is 4.79 Å². The van der Waals surface area contributed by atoms with Gasteiger partial charge in [0, 0.05) is 16.6 Å². The molecular weight excluding hydrogens is 436 g/mol. The number of amides is 3. The third-order valence-electron chi connectivity index (χ3n) is 6.23. The lowest BCUT2D eigenvalue weighted by atomic mass is 9.69. The summed E-state index contributed by atoms with van der Waals surface area (Å²) in [7, 11) is 0. The van der Waals surface area contributed by atoms with Gasteiger partial charge in [-0.3, -0.25) is 9.59 Å². The quantitative estimate of drug-likeness (QED) is 0.551. The zero-order chi connectivity index (χ0) is 27.1. The number of nitrogens with zero attached hydrogens (tertiary/aromatic N) is 1. The summed E-state index contributed by atoms with van der Waals surface area (Å²) in [4.78, 5) is 40.2. The van der Waals surface area contributed by atoms with E-state index in [4.69, 9.17) is 4.74 Å². The van der Waals surface area contributed by atoms with Crippen molar-refractivity contribution in [2.75, 3.05) is 0 Å². The maximum Gasteiger partial charge on any atom is 0.408 e. The summed E-state index contributed by atoms with van der Waals surface area (Å²) in [5.41, 5.74) is -5.91. The van der Waals surface area contributed by atoms with Crippen molar-refractivity contribution in [1.29, 1.82) is 0 Å². The van der Waals surface area contributed by atoms with Crippen molar-refractivity contribution in [1.82, 2.24) is 21.0 Å². The van der Waals surface area contributed by atoms with Gasteiger partial charge in [0.05, 0.1) is 0 Å². The molecule has 0 bridgehead atoms. The zero-order valence-electron chi connectivity index (χ0n) is 23.5. The summed E-state index contributed by atoms with van der Waals surface area (Å²) in [6, 6.07) is 0. The highest BCUT2D eigenvalue weighted by Gasteiger charge is 2.58. The summed E-state index contributed by atoms with van der Waals surface area (Å²) in [5.74, 6) is -1.10. The van der Waals surface area contributed by atoms with Crippen molar-refractivity contribution in [2.45, 2.75) is 136 Å². The van der Waals surface area contributed by atoms with Crippen LogP contribution in [0, 0.1) is 5.92 Å². The first kappa shape index (κ1) is 30.2. The van der Waals surface area contributed by atoms with E-state index in [1.807, 2.05) is 34.6 Å². The van der Waals surface area contributed by atoms with E-state index < -0.39 is 45.3 Å². The number of carbonyl (C=O) groups excluding carboxylic acids is 3. The molecule has 0 spiro atoms. The van der Waals surface area contributed by atoms with E-state index in [0.717, 1.165) is 5.06 Å². The van der Waals surface area contributed by atoms with Gasteiger partial charge in [0.15, 0.2) is 0 Å². The van der Waals surface area contributed by atoms with Gasteiger partial charge in [-0.1, -0.05) is 13.8 Å². The van der Waals surface area contributed by atoms with Gasteiger partial charge in [-0.05, 0) is 94.9 Å². The van der Waals surface area contributed by atoms with Crippen LogP contribution in [0.3, 0.4) is 0 Å². The Morgan fingerprint density at radius 2 is 1.29 bits per heavy atom. The minimum Gasteiger partial charge on any atom is -0.444 e. The minimum atomic E-state index is -1.46. The fraction of sp³-hybridized carbons (Fsp3) is 0.880. The highest BCUT2D eigenvalue weighted by Crippen LogP contribution is 2.43. The smallest absolute Gasteiger partial charge is 0.408 e. The Morgan fingerprint density at radius 1 is 0.853 bits per heavy atom. The molecule has 1 aliphatic rings. The summed E-state index contributed by atoms with van der Waals surface area (Å²) in [5, 5.41) is 22.7. The lowest BCUT2D eigenvalue weighted by Gasteiger charge is -2.55. The molecule has 0 aromatic carbocycles. The molecule has 1 rings (SSSR count). The van der Waals surface area contributed by atoms with E-state index in [-0.39, 0.29) is 24.7 Å². The van der Waals surface area contributed by atoms with Crippen LogP contribution in [0.15, 0.2) is 0 Å². The van der Waals surface area contributed by atoms with Crippen molar-refractivity contribution in [2.24, 2.45) is 5.92 Å². The molecule has 1 aliphatic heterocycles. The van der Waals surface area contributed by atoms with Crippen molar-refractivity contribution in [3.05, 3.63) is 0 Å². The number of hydrogen-bond donors (Lipinski definition) is 3. The number of alkyl carbamates (subject to hydrolysis) is 1. The summed E-state index contributed by atoms with van der Waals surface area (Å²) in [6.07, 6.45) is -0.654. The first-order chi connectivity index (χ1) is 14.9. The number of ether oxygens (including phenoxy) is 1. The molecule has 0 aromatic heterocycles. The normalized spacial score (nSPS) is 21.9. The minimum absolute atomic E-state index is 0.0487. The van der Waals surface area contributed by atoms with Crippen LogP contribution in [0.4, 0.5) is 4.79 Å². The maximum atomic E-state index is 14.0. The number of nitrogens with one attached hydrogen (secondary N) is 3. The van der Waals surface area contributed by atoms with E-state index in [1.54, 1.807) is 55.4 Å². The molecule has 1 radical (unpaired) electrons. The summed E-state index contributed by atoms with van der Waals surface area (Å²) < 4.78 is 5.47. The molecule has 0 aromatic rings. The molecule has 1 fully saturated rings. The van der Waals surface area contributed by atoms with Crippen molar-refractivity contribution < 1.29 is 24.3 Å². The summed E-state index contributed by atoms with van der Waals surface area (Å²) in [6.45, 7) is 23.2. The van der Waals surface area contributed by atoms with Crippen molar-refractivity contribution in [3.63, 3.8) is 0 Å². The molecule has 1 saturated heterocycles. The van der Waals surface area contributed by atoms with Crippen LogP contribution in [0.2, 0.25) is 0 Å². The number of hydroxylamine groups is 2. The van der Waals surface area contributed by atoms with Gasteiger partial charge >= 0.3 is 6.09 Å². The maximum absolute atomic E-state index is 14.0. The monoisotopic (exact) mass is 483 g/mol. The average Bonchev–Trinajstić information content (AvgIpc) is 2.55. The number of hydrogen-bond acceptors (Lipinski definition) is 5. The van der Waals surface area contributed by atoms with Gasteiger partial charge in [0.25, 0.3) is 0 Å². The fourth-order valence-electron chi connectivity index (χ4n) is 4.60. The van der Waals surface area contributed by atoms with Gasteiger partial charge in [0.1, 0.15) is 16.7 Å². The SMILES string of the molecule is CC(C)[C@](C)(NC(=O)C1(NC(=O)OC(C)(C)C)CC(C)(C)N([O])C(C)(C)C1)C(=O)NC(C)(C)C. The Balaban J connectivity index is 3.50. The second-order valence-corrected chi connectivity index (χ2v) is 13.5. The van der Waals surface area contributed by atoms with Crippen molar-refractivity contribution >= 4 is 17.9 Å². The molecule has 9 heteroatoms. The predicted octanol–water partition coefficient (Wildman–Crippen LogP) is 3.69. The largest absolute Gasteiger partial charge is 0.444 e. The first-order valence-electron chi connectivity index (χ1n) is 12.0. The molecule has 0 aliphatic carbocycles. The van der Waals surface area contributed by atoms with E-state index >= 15 is 0 Å². The van der Waals surface area contributed by atoms with E-state index in [9.17, 15) is 19.6 Å². The standard InChI is InChI=1S/C25H47N4O5/c1-16(2)24(13,17(30)26-20(3,4)5)27-18(31)25(28-19(32)34-21(6,7)8)14-22(9,10)29(33)23(11,12)15-25/h16H,14-15H2,1-13H3,(H,26,30)(H,27,31)(H,28,32)/t24-/m0/s1. The molecular formula is C25H47N4O5. The second-order valence-electron chi connectivity index (χ2n) is 13.5. The molecule has 3 N–H and O–H groups in total. The third kappa shape index (κ3) is 7.07. The summed E-state index contributed by atoms with van der Waals surface area (Å²) >= 11 is 0. The Labute approximate surface area is 205 Å². The van der Waals surface area contributed by atoms with Crippen LogP contribution in [0.5, 0.6) is 0 Å². The lowest BCUT2D eigenvalue weighted by Crippen LogP contribution is -2.75. The van der Waals surface area contributed by atoms with Crippen LogP contribution in [-0.2, 0) is 19.5 Å². The zero-order valence-corrected chi connectivity index (χ0v) is 23.5. The molecule has 9 nitrogen and oxygen atoms in total. The molecule has 1 atom stereocenters. The van der Waals surface area contributed by atoms with E-state index in [0.29, 0.717) is 0 Å². The molecule has 1 heterocycles.